The lowest BCUT2D eigenvalue weighted by Gasteiger charge is -2.22. The van der Waals surface area contributed by atoms with E-state index in [0.29, 0.717) is 25.9 Å². The molecule has 0 bridgehead atoms. The van der Waals surface area contributed by atoms with Crippen LogP contribution in [-0.4, -0.2) is 44.4 Å². The highest BCUT2D eigenvalue weighted by atomic mass is 16.5. The number of hydrogen-bond donors (Lipinski definition) is 2. The van der Waals surface area contributed by atoms with Crippen molar-refractivity contribution in [3.63, 3.8) is 0 Å². The van der Waals surface area contributed by atoms with Gasteiger partial charge in [-0.1, -0.05) is 19.3 Å². The van der Waals surface area contributed by atoms with Crippen molar-refractivity contribution >= 4 is 5.91 Å². The van der Waals surface area contributed by atoms with E-state index in [1.807, 2.05) is 0 Å². The van der Waals surface area contributed by atoms with Crippen LogP contribution >= 0.6 is 0 Å². The molecular formula is C14H26N2O3. The Balaban J connectivity index is 1.50. The molecule has 1 saturated heterocycles. The molecular weight excluding hydrogens is 244 g/mol. The summed E-state index contributed by atoms with van der Waals surface area (Å²) < 4.78 is 11.0. The minimum Gasteiger partial charge on any atom is -0.379 e. The Kier molecular flexibility index (Phi) is 6.07. The molecule has 110 valence electrons. The first kappa shape index (κ1) is 14.8. The van der Waals surface area contributed by atoms with Crippen LogP contribution in [0.2, 0.25) is 0 Å². The molecule has 2 rings (SSSR count). The number of hydrogen-bond acceptors (Lipinski definition) is 4. The van der Waals surface area contributed by atoms with Crippen LogP contribution in [0.15, 0.2) is 0 Å². The third kappa shape index (κ3) is 4.75. The smallest absolute Gasteiger partial charge is 0.227 e. The van der Waals surface area contributed by atoms with Gasteiger partial charge in [0, 0.05) is 19.2 Å². The van der Waals surface area contributed by atoms with Crippen LogP contribution < -0.4 is 11.1 Å². The highest BCUT2D eigenvalue weighted by molar-refractivity contribution is 5.79. The fourth-order valence-corrected chi connectivity index (χ4v) is 2.74. The van der Waals surface area contributed by atoms with Crippen LogP contribution in [0.3, 0.4) is 0 Å². The summed E-state index contributed by atoms with van der Waals surface area (Å²) in [6.07, 6.45) is 7.63. The van der Waals surface area contributed by atoms with Gasteiger partial charge in [-0.15, -0.1) is 0 Å². The number of carbonyl (C=O) groups is 1. The van der Waals surface area contributed by atoms with Crippen molar-refractivity contribution in [2.24, 2.45) is 11.7 Å². The number of nitrogens with one attached hydrogen (secondary N) is 1. The Morgan fingerprint density at radius 1 is 1.26 bits per heavy atom. The summed E-state index contributed by atoms with van der Waals surface area (Å²) in [4.78, 5) is 11.8. The Bertz CT molecular complexity index is 280. The largest absolute Gasteiger partial charge is 0.379 e. The zero-order valence-electron chi connectivity index (χ0n) is 11.6. The maximum absolute atomic E-state index is 11.8. The molecule has 0 radical (unpaired) electrons. The Labute approximate surface area is 115 Å². The minimum atomic E-state index is -0.181. The van der Waals surface area contributed by atoms with E-state index >= 15 is 0 Å². The van der Waals surface area contributed by atoms with Crippen molar-refractivity contribution in [3.8, 4) is 0 Å². The number of rotatable bonds is 6. The van der Waals surface area contributed by atoms with Crippen molar-refractivity contribution < 1.29 is 14.3 Å². The lowest BCUT2D eigenvalue weighted by atomic mass is 9.98. The number of nitrogens with two attached hydrogens (primary N) is 1. The van der Waals surface area contributed by atoms with Gasteiger partial charge in [0.1, 0.15) is 0 Å². The molecule has 0 aromatic carbocycles. The average Bonchev–Trinajstić information content (AvgIpc) is 2.86. The van der Waals surface area contributed by atoms with Gasteiger partial charge in [-0.05, 0) is 19.3 Å². The van der Waals surface area contributed by atoms with Crippen molar-refractivity contribution in [3.05, 3.63) is 0 Å². The predicted molar refractivity (Wildman–Crippen MR) is 72.7 cm³/mol. The third-order valence-corrected chi connectivity index (χ3v) is 3.99. The van der Waals surface area contributed by atoms with E-state index in [4.69, 9.17) is 15.2 Å². The first-order valence-corrected chi connectivity index (χ1v) is 7.50. The van der Waals surface area contributed by atoms with Gasteiger partial charge in [-0.3, -0.25) is 4.79 Å². The summed E-state index contributed by atoms with van der Waals surface area (Å²) in [5.74, 6) is -0.165. The maximum Gasteiger partial charge on any atom is 0.227 e. The molecule has 0 spiro atoms. The molecule has 2 atom stereocenters. The van der Waals surface area contributed by atoms with Crippen LogP contribution in [0, 0.1) is 5.92 Å². The molecule has 0 aromatic heterocycles. The predicted octanol–water partition coefficient (Wildman–Crippen LogP) is 0.816. The lowest BCUT2D eigenvalue weighted by Crippen LogP contribution is -2.41. The van der Waals surface area contributed by atoms with E-state index in [2.05, 4.69) is 5.32 Å². The van der Waals surface area contributed by atoms with Crippen LogP contribution in [0.4, 0.5) is 0 Å². The summed E-state index contributed by atoms with van der Waals surface area (Å²) in [5.41, 5.74) is 5.80. The monoisotopic (exact) mass is 270 g/mol. The minimum absolute atomic E-state index is 0.0164. The molecule has 1 amide bonds. The Hall–Kier alpha value is -0.650. The Morgan fingerprint density at radius 2 is 2.05 bits per heavy atom. The molecule has 3 N–H and O–H groups in total. The molecule has 2 unspecified atom stereocenters. The fourth-order valence-electron chi connectivity index (χ4n) is 2.74. The Morgan fingerprint density at radius 3 is 2.74 bits per heavy atom. The van der Waals surface area contributed by atoms with Gasteiger partial charge >= 0.3 is 0 Å². The summed E-state index contributed by atoms with van der Waals surface area (Å²) in [7, 11) is 0. The lowest BCUT2D eigenvalue weighted by molar-refractivity contribution is -0.125. The van der Waals surface area contributed by atoms with Gasteiger partial charge in [-0.2, -0.15) is 0 Å². The van der Waals surface area contributed by atoms with Gasteiger partial charge in [-0.25, -0.2) is 0 Å². The number of ether oxygens (including phenoxy) is 2. The quantitative estimate of drug-likeness (QED) is 0.701. The molecule has 5 nitrogen and oxygen atoms in total. The summed E-state index contributed by atoms with van der Waals surface area (Å²) in [6.45, 7) is 2.33. The van der Waals surface area contributed by atoms with E-state index < -0.39 is 0 Å². The fraction of sp³-hybridized carbons (Fsp3) is 0.929. The van der Waals surface area contributed by atoms with E-state index in [-0.39, 0.29) is 17.9 Å². The van der Waals surface area contributed by atoms with Gasteiger partial charge in [0.15, 0.2) is 0 Å². The molecule has 19 heavy (non-hydrogen) atoms. The van der Waals surface area contributed by atoms with Crippen molar-refractivity contribution in [2.75, 3.05) is 26.4 Å². The van der Waals surface area contributed by atoms with Gasteiger partial charge < -0.3 is 20.5 Å². The van der Waals surface area contributed by atoms with Crippen LogP contribution in [0.1, 0.15) is 38.5 Å². The molecule has 0 aromatic rings. The standard InChI is InChI=1S/C14H26N2O3/c15-13-10-18-9-12(13)14(17)16-7-4-8-19-11-5-2-1-3-6-11/h11-13H,1-10,15H2,(H,16,17). The summed E-state index contributed by atoms with van der Waals surface area (Å²) in [6, 6.07) is -0.154. The highest BCUT2D eigenvalue weighted by Gasteiger charge is 2.30. The second-order valence-electron chi connectivity index (χ2n) is 5.58. The SMILES string of the molecule is NC1COCC1C(=O)NCCCOC1CCCCC1. The first-order chi connectivity index (χ1) is 9.27. The molecule has 2 fully saturated rings. The van der Waals surface area contributed by atoms with E-state index in [1.165, 1.54) is 32.1 Å². The van der Waals surface area contributed by atoms with Crippen molar-refractivity contribution in [2.45, 2.75) is 50.7 Å². The van der Waals surface area contributed by atoms with Crippen LogP contribution in [0.25, 0.3) is 0 Å². The second kappa shape index (κ2) is 7.82. The third-order valence-electron chi connectivity index (χ3n) is 3.99. The molecule has 1 aliphatic heterocycles. The average molecular weight is 270 g/mol. The highest BCUT2D eigenvalue weighted by Crippen LogP contribution is 2.20. The molecule has 1 heterocycles. The van der Waals surface area contributed by atoms with Crippen LogP contribution in [-0.2, 0) is 14.3 Å². The van der Waals surface area contributed by atoms with E-state index in [1.54, 1.807) is 0 Å². The topological polar surface area (TPSA) is 73.6 Å². The summed E-state index contributed by atoms with van der Waals surface area (Å²) in [5, 5.41) is 2.91. The van der Waals surface area contributed by atoms with Gasteiger partial charge in [0.2, 0.25) is 5.91 Å². The van der Waals surface area contributed by atoms with Crippen molar-refractivity contribution in [1.82, 2.24) is 5.32 Å². The maximum atomic E-state index is 11.8. The zero-order chi connectivity index (χ0) is 13.5. The van der Waals surface area contributed by atoms with Gasteiger partial charge in [0.25, 0.3) is 0 Å². The van der Waals surface area contributed by atoms with Gasteiger partial charge in [0.05, 0.1) is 25.2 Å². The molecule has 5 heteroatoms. The van der Waals surface area contributed by atoms with E-state index in [0.717, 1.165) is 13.0 Å². The second-order valence-corrected chi connectivity index (χ2v) is 5.58. The molecule has 1 aliphatic carbocycles. The molecule has 1 saturated carbocycles. The number of amides is 1. The van der Waals surface area contributed by atoms with E-state index in [9.17, 15) is 4.79 Å². The molecule has 2 aliphatic rings. The normalized spacial score (nSPS) is 28.5. The first-order valence-electron chi connectivity index (χ1n) is 7.50. The number of carbonyl (C=O) groups excluding carboxylic acids is 1. The van der Waals surface area contributed by atoms with Crippen molar-refractivity contribution in [1.29, 1.82) is 0 Å². The van der Waals surface area contributed by atoms with Crippen LogP contribution in [0.5, 0.6) is 0 Å². The zero-order valence-corrected chi connectivity index (χ0v) is 11.6. The summed E-state index contributed by atoms with van der Waals surface area (Å²) >= 11 is 0.